The molecule has 0 spiro atoms. The van der Waals surface area contributed by atoms with Gasteiger partial charge in [-0.2, -0.15) is 5.06 Å². The van der Waals surface area contributed by atoms with Crippen LogP contribution in [0.4, 0.5) is 0 Å². The molecule has 0 aliphatic rings. The summed E-state index contributed by atoms with van der Waals surface area (Å²) < 4.78 is 0. The Labute approximate surface area is 90.9 Å². The van der Waals surface area contributed by atoms with Crippen LogP contribution in [-0.2, 0) is 9.63 Å². The smallest absolute Gasteiger partial charge is 0.327 e. The van der Waals surface area contributed by atoms with E-state index in [0.717, 1.165) is 6.08 Å². The molecule has 0 rings (SSSR count). The van der Waals surface area contributed by atoms with E-state index in [4.69, 9.17) is 15.1 Å². The summed E-state index contributed by atoms with van der Waals surface area (Å²) >= 11 is 0. The largest absolute Gasteiger partial charge is 0.478 e. The first-order chi connectivity index (χ1) is 6.75. The van der Waals surface area contributed by atoms with E-state index in [2.05, 4.69) is 6.58 Å². The summed E-state index contributed by atoms with van der Waals surface area (Å²) in [5.41, 5.74) is -0.135. The van der Waals surface area contributed by atoms with Gasteiger partial charge >= 0.3 is 5.97 Å². The van der Waals surface area contributed by atoms with E-state index in [1.54, 1.807) is 5.06 Å². The van der Waals surface area contributed by atoms with Crippen LogP contribution >= 0.6 is 0 Å². The molecular weight excluding hydrogens is 198 g/mol. The number of hydroxylamine groups is 2. The van der Waals surface area contributed by atoms with Crippen molar-refractivity contribution < 1.29 is 19.8 Å². The topological polar surface area (TPSA) is 70.0 Å². The summed E-state index contributed by atoms with van der Waals surface area (Å²) in [5.74, 6) is -0.981. The minimum atomic E-state index is -0.981. The Balaban J connectivity index is 0. The van der Waals surface area contributed by atoms with Crippen LogP contribution in [0.5, 0.6) is 0 Å². The summed E-state index contributed by atoms with van der Waals surface area (Å²) in [6, 6.07) is 0. The lowest BCUT2D eigenvalue weighted by atomic mass is 9.97. The van der Waals surface area contributed by atoms with Crippen molar-refractivity contribution in [3.05, 3.63) is 12.7 Å². The van der Waals surface area contributed by atoms with Crippen molar-refractivity contribution in [2.24, 2.45) is 5.41 Å². The van der Waals surface area contributed by atoms with Crippen molar-refractivity contribution in [2.75, 3.05) is 27.3 Å². The molecular formula is C10H21NO4. The number of carbonyl (C=O) groups is 1. The monoisotopic (exact) mass is 219 g/mol. The molecule has 90 valence electrons. The third-order valence-electron chi connectivity index (χ3n) is 1.32. The highest BCUT2D eigenvalue weighted by Gasteiger charge is 2.16. The number of aliphatic hydroxyl groups excluding tert-OH is 1. The minimum absolute atomic E-state index is 0.135. The molecule has 0 fully saturated rings. The predicted octanol–water partition coefficient (Wildman–Crippen LogP) is 0.755. The molecule has 5 heteroatoms. The fraction of sp³-hybridized carbons (Fsp3) is 0.700. The molecule has 0 aromatic rings. The molecule has 2 N–H and O–H groups in total. The lowest BCUT2D eigenvalue weighted by molar-refractivity contribution is -0.151. The summed E-state index contributed by atoms with van der Waals surface area (Å²) in [4.78, 5) is 14.4. The van der Waals surface area contributed by atoms with Crippen molar-refractivity contribution in [3.8, 4) is 0 Å². The molecule has 5 nitrogen and oxygen atoms in total. The second kappa shape index (κ2) is 8.40. The second-order valence-corrected chi connectivity index (χ2v) is 3.95. The highest BCUT2D eigenvalue weighted by Crippen LogP contribution is 2.13. The van der Waals surface area contributed by atoms with E-state index in [9.17, 15) is 4.79 Å². The molecule has 0 radical (unpaired) electrons. The zero-order chi connectivity index (χ0) is 12.5. The highest BCUT2D eigenvalue weighted by molar-refractivity contribution is 5.78. The maximum atomic E-state index is 9.25. The molecule has 0 aromatic heterocycles. The van der Waals surface area contributed by atoms with Crippen LogP contribution in [0.1, 0.15) is 13.8 Å². The molecule has 15 heavy (non-hydrogen) atoms. The standard InChI is InChI=1S/C7H17NO2.C3H4O2/c1-7(2,5-9)6-10-8(3)4;1-2-3(4)5/h9H,5-6H2,1-4H3;2H,1H2,(H,4,5). The normalized spacial score (nSPS) is 10.5. The molecule has 0 saturated carbocycles. The zero-order valence-corrected chi connectivity index (χ0v) is 9.86. The molecule has 0 atom stereocenters. The third kappa shape index (κ3) is 15.8. The Bertz CT molecular complexity index is 190. The van der Waals surface area contributed by atoms with Crippen LogP contribution in [0.2, 0.25) is 0 Å². The van der Waals surface area contributed by atoms with Crippen LogP contribution in [-0.4, -0.2) is 48.6 Å². The number of rotatable bonds is 5. The van der Waals surface area contributed by atoms with Crippen LogP contribution < -0.4 is 0 Å². The minimum Gasteiger partial charge on any atom is -0.478 e. The summed E-state index contributed by atoms with van der Waals surface area (Å²) in [6.07, 6.45) is 0.833. The maximum Gasteiger partial charge on any atom is 0.327 e. The van der Waals surface area contributed by atoms with E-state index < -0.39 is 5.97 Å². The number of hydrogen-bond acceptors (Lipinski definition) is 4. The van der Waals surface area contributed by atoms with Gasteiger partial charge < -0.3 is 10.2 Å². The Morgan fingerprint density at radius 2 is 1.93 bits per heavy atom. The lowest BCUT2D eigenvalue weighted by Gasteiger charge is -2.23. The van der Waals surface area contributed by atoms with Crippen LogP contribution in [0.15, 0.2) is 12.7 Å². The first-order valence-corrected chi connectivity index (χ1v) is 4.51. The van der Waals surface area contributed by atoms with Gasteiger partial charge in [-0.05, 0) is 0 Å². The molecule has 0 unspecified atom stereocenters. The van der Waals surface area contributed by atoms with Crippen LogP contribution in [0.25, 0.3) is 0 Å². The summed E-state index contributed by atoms with van der Waals surface area (Å²) in [7, 11) is 3.65. The number of hydrogen-bond donors (Lipinski definition) is 2. The van der Waals surface area contributed by atoms with E-state index in [-0.39, 0.29) is 12.0 Å². The van der Waals surface area contributed by atoms with Gasteiger partial charge in [0, 0.05) is 25.6 Å². The maximum absolute atomic E-state index is 9.25. The Morgan fingerprint density at radius 1 is 1.53 bits per heavy atom. The Kier molecular flexibility index (Phi) is 9.25. The number of nitrogens with zero attached hydrogens (tertiary/aromatic N) is 1. The fourth-order valence-corrected chi connectivity index (χ4v) is 0.349. The quantitative estimate of drug-likeness (QED) is 0.527. The van der Waals surface area contributed by atoms with Crippen LogP contribution in [0.3, 0.4) is 0 Å². The molecule has 0 amide bonds. The second-order valence-electron chi connectivity index (χ2n) is 3.95. The summed E-state index contributed by atoms with van der Waals surface area (Å²) in [5, 5.41) is 18.0. The zero-order valence-electron chi connectivity index (χ0n) is 9.86. The van der Waals surface area contributed by atoms with Crippen molar-refractivity contribution in [1.82, 2.24) is 5.06 Å². The van der Waals surface area contributed by atoms with Gasteiger partial charge in [0.15, 0.2) is 0 Å². The predicted molar refractivity (Wildman–Crippen MR) is 58.3 cm³/mol. The number of carboxylic acid groups (broad SMARTS) is 1. The van der Waals surface area contributed by atoms with Gasteiger partial charge in [-0.15, -0.1) is 0 Å². The highest BCUT2D eigenvalue weighted by atomic mass is 16.7. The van der Waals surface area contributed by atoms with E-state index in [0.29, 0.717) is 6.61 Å². The van der Waals surface area contributed by atoms with Gasteiger partial charge in [0.05, 0.1) is 13.2 Å². The molecule has 0 bridgehead atoms. The van der Waals surface area contributed by atoms with Crippen molar-refractivity contribution >= 4 is 5.97 Å². The van der Waals surface area contributed by atoms with Gasteiger partial charge in [0.25, 0.3) is 0 Å². The number of carboxylic acids is 1. The van der Waals surface area contributed by atoms with E-state index >= 15 is 0 Å². The van der Waals surface area contributed by atoms with Crippen LogP contribution in [0, 0.1) is 5.41 Å². The third-order valence-corrected chi connectivity index (χ3v) is 1.32. The Hall–Kier alpha value is -0.910. The van der Waals surface area contributed by atoms with E-state index in [1.165, 1.54) is 0 Å². The molecule has 0 saturated heterocycles. The van der Waals surface area contributed by atoms with Gasteiger partial charge in [-0.1, -0.05) is 20.4 Å². The fourth-order valence-electron chi connectivity index (χ4n) is 0.349. The average Bonchev–Trinajstić information content (AvgIpc) is 2.16. The molecule has 0 aromatic carbocycles. The first-order valence-electron chi connectivity index (χ1n) is 4.51. The molecule has 0 aliphatic carbocycles. The SMILES string of the molecule is C=CC(=O)O.CN(C)OCC(C)(C)CO. The molecule has 0 aliphatic heterocycles. The lowest BCUT2D eigenvalue weighted by Crippen LogP contribution is -2.27. The van der Waals surface area contributed by atoms with Gasteiger partial charge in [-0.25, -0.2) is 4.79 Å². The molecule has 0 heterocycles. The Morgan fingerprint density at radius 3 is 2.13 bits per heavy atom. The number of aliphatic hydroxyl groups is 1. The first kappa shape index (κ1) is 16.5. The van der Waals surface area contributed by atoms with Crippen molar-refractivity contribution in [1.29, 1.82) is 0 Å². The summed E-state index contributed by atoms with van der Waals surface area (Å²) in [6.45, 7) is 7.58. The van der Waals surface area contributed by atoms with E-state index in [1.807, 2.05) is 27.9 Å². The van der Waals surface area contributed by atoms with Gasteiger partial charge in [-0.3, -0.25) is 4.84 Å². The van der Waals surface area contributed by atoms with Gasteiger partial charge in [0.1, 0.15) is 0 Å². The van der Waals surface area contributed by atoms with Crippen molar-refractivity contribution in [3.63, 3.8) is 0 Å². The average molecular weight is 219 g/mol. The van der Waals surface area contributed by atoms with Gasteiger partial charge in [0.2, 0.25) is 0 Å². The van der Waals surface area contributed by atoms with Crippen molar-refractivity contribution in [2.45, 2.75) is 13.8 Å². The number of aliphatic carboxylic acids is 1.